The molecule has 8 rings (SSSR count). The highest BCUT2D eigenvalue weighted by Gasteiger charge is 2.57. The van der Waals surface area contributed by atoms with Gasteiger partial charge in [-0.3, -0.25) is 33.5 Å². The zero-order valence-corrected chi connectivity index (χ0v) is 48.5. The van der Waals surface area contributed by atoms with E-state index in [2.05, 4.69) is 55.3 Å². The van der Waals surface area contributed by atoms with Crippen molar-refractivity contribution < 1.29 is 48.2 Å². The Balaban J connectivity index is 0.000000247. The Kier molecular flexibility index (Phi) is 20.7. The van der Waals surface area contributed by atoms with Gasteiger partial charge in [0.05, 0.1) is 23.3 Å². The number of rotatable bonds is 22. The second-order valence-electron chi connectivity index (χ2n) is 21.5. The monoisotopic (exact) mass is 1130 g/mol. The molecule has 1 aliphatic heterocycles. The van der Waals surface area contributed by atoms with Gasteiger partial charge in [0, 0.05) is 68.4 Å². The van der Waals surface area contributed by atoms with Crippen molar-refractivity contribution in [1.82, 2.24) is 50.9 Å². The molecule has 83 heavy (non-hydrogen) atoms. The van der Waals surface area contributed by atoms with E-state index in [1.165, 1.54) is 24.7 Å². The van der Waals surface area contributed by atoms with Gasteiger partial charge in [-0.05, 0) is 136 Å². The highest BCUT2D eigenvalue weighted by atomic mass is 16.7. The van der Waals surface area contributed by atoms with E-state index in [4.69, 9.17) is 14.0 Å². The molecule has 7 aromatic rings. The number of nitrogens with zero attached hydrogens (tertiary/aromatic N) is 6. The maximum absolute atomic E-state index is 14.0. The van der Waals surface area contributed by atoms with Crippen molar-refractivity contribution in [2.24, 2.45) is 5.92 Å². The molecule has 4 amide bonds. The quantitative estimate of drug-likeness (QED) is 0.0276. The number of ether oxygens (including phenoxy) is 1. The molecule has 21 heteroatoms. The van der Waals surface area contributed by atoms with E-state index >= 15 is 0 Å². The van der Waals surface area contributed by atoms with E-state index in [-0.39, 0.29) is 58.9 Å². The largest absolute Gasteiger partial charge is 0.508 e. The van der Waals surface area contributed by atoms with E-state index in [0.717, 1.165) is 17.4 Å². The topological polar surface area (TPSA) is 261 Å². The second kappa shape index (κ2) is 27.8. The highest BCUT2D eigenvalue weighted by molar-refractivity contribution is 6.48. The van der Waals surface area contributed by atoms with Crippen molar-refractivity contribution in [2.75, 3.05) is 33.7 Å². The number of carbonyl (C=O) groups excluding carboxylic acids is 5. The number of phenols is 2. The molecule has 1 aliphatic rings. The van der Waals surface area contributed by atoms with Crippen molar-refractivity contribution in [3.63, 3.8) is 0 Å². The lowest BCUT2D eigenvalue weighted by Gasteiger charge is -2.37. The van der Waals surface area contributed by atoms with Gasteiger partial charge in [0.2, 0.25) is 11.7 Å². The van der Waals surface area contributed by atoms with Crippen LogP contribution in [0.5, 0.6) is 23.0 Å². The summed E-state index contributed by atoms with van der Waals surface area (Å²) in [6.45, 7) is 17.4. The number of nitrogens with one attached hydrogen (secondary N) is 4. The Labute approximate surface area is 484 Å². The van der Waals surface area contributed by atoms with Crippen molar-refractivity contribution >= 4 is 37.0 Å². The average molecular weight is 1130 g/mol. The van der Waals surface area contributed by atoms with Gasteiger partial charge in [0.15, 0.2) is 5.82 Å². The number of amides is 4. The first-order valence-electron chi connectivity index (χ1n) is 27.6. The Bertz CT molecular complexity index is 3330. The van der Waals surface area contributed by atoms with Crippen LogP contribution in [0.4, 0.5) is 0 Å². The molecule has 0 spiro atoms. The van der Waals surface area contributed by atoms with Gasteiger partial charge in [0.25, 0.3) is 17.7 Å². The third-order valence-electron chi connectivity index (χ3n) is 14.3. The van der Waals surface area contributed by atoms with Gasteiger partial charge < -0.3 is 50.4 Å². The Hall–Kier alpha value is -8.79. The second-order valence-corrected chi connectivity index (χ2v) is 21.5. The van der Waals surface area contributed by atoms with Crippen LogP contribution >= 0.6 is 0 Å². The molecule has 1 saturated heterocycles. The molecule has 0 aliphatic carbocycles. The van der Waals surface area contributed by atoms with Crippen LogP contribution in [0, 0.1) is 5.92 Å². The first kappa shape index (κ1) is 61.8. The minimum Gasteiger partial charge on any atom is -0.508 e. The number of aldehydes is 1. The van der Waals surface area contributed by atoms with Crippen LogP contribution < -0.4 is 26.0 Å². The zero-order valence-electron chi connectivity index (χ0n) is 48.5. The lowest BCUT2D eigenvalue weighted by molar-refractivity contribution is -0.123. The molecule has 0 bridgehead atoms. The summed E-state index contributed by atoms with van der Waals surface area (Å²) in [7, 11) is 2.86. The molecule has 20 nitrogen and oxygen atoms in total. The number of likely N-dealkylation sites (N-methyl/N-ethyl adjacent to an activating group) is 2. The minimum absolute atomic E-state index is 0.0133. The molecule has 5 aromatic carbocycles. The van der Waals surface area contributed by atoms with Crippen LogP contribution in [-0.4, -0.2) is 128 Å². The number of benzene rings is 5. The summed E-state index contributed by atoms with van der Waals surface area (Å²) >= 11 is 0. The Morgan fingerprint density at radius 1 is 0.819 bits per heavy atom. The summed E-state index contributed by atoms with van der Waals surface area (Å²) in [5.74, 6) is -0.478. The normalized spacial score (nSPS) is 15.2. The standard InChI is InChI=1S/C35H47BN6O5.C27H26N4O5/c1-24(2)21-30(41-31(43)28(22-25-11-9-8-10-12-25)40-32(44)29-23-38-17-18-39-29)36-46-34(3,4)35(5,47-36)27-15-13-26(14-16-27)33(45)42(7)20-19-37-6;1-4-28-27(35)26-30-29-25(22-13-21(16(2)3)23(33)14-24(22)34)31(26)18-7-11-20(12-8-18)36-19-9-5-17(15-32)6-10-19/h8-18,23-24,28,30,37H,19-22H2,1-7H3,(H,40,44)(H,41,43);5-16,33-34H,4H2,1-3H3,(H,28,35)/t28-,30?,35?;/m0./s1. The van der Waals surface area contributed by atoms with E-state index in [9.17, 15) is 34.2 Å². The zero-order chi connectivity index (χ0) is 60.0. The van der Waals surface area contributed by atoms with Crippen LogP contribution in [0.25, 0.3) is 17.1 Å². The third-order valence-corrected chi connectivity index (χ3v) is 14.3. The van der Waals surface area contributed by atoms with Gasteiger partial charge in [-0.2, -0.15) is 0 Å². The predicted octanol–water partition coefficient (Wildman–Crippen LogP) is 8.23. The number of carbonyl (C=O) groups is 5. The summed E-state index contributed by atoms with van der Waals surface area (Å²) in [5.41, 5.74) is 2.86. The maximum atomic E-state index is 14.0. The molecule has 0 radical (unpaired) electrons. The van der Waals surface area contributed by atoms with Gasteiger partial charge >= 0.3 is 7.12 Å². The molecule has 434 valence electrons. The number of hydrogen-bond acceptors (Lipinski definition) is 15. The fraction of sp³-hybridized carbons (Fsp3) is 0.339. The van der Waals surface area contributed by atoms with Crippen molar-refractivity contribution in [3.05, 3.63) is 173 Å². The summed E-state index contributed by atoms with van der Waals surface area (Å²) in [5, 5.41) is 41.0. The fourth-order valence-electron chi connectivity index (χ4n) is 9.39. The summed E-state index contributed by atoms with van der Waals surface area (Å²) < 4.78 is 20.7. The lowest BCUT2D eigenvalue weighted by Crippen LogP contribution is -2.55. The maximum Gasteiger partial charge on any atom is 0.482 e. The third kappa shape index (κ3) is 15.2. The lowest BCUT2D eigenvalue weighted by atomic mass is 9.73. The van der Waals surface area contributed by atoms with Crippen LogP contribution in [0.1, 0.15) is 126 Å². The Morgan fingerprint density at radius 3 is 2.10 bits per heavy atom. The summed E-state index contributed by atoms with van der Waals surface area (Å²) in [6, 6.07) is 32.6. The molecule has 6 N–H and O–H groups in total. The number of hydrogen-bond donors (Lipinski definition) is 6. The van der Waals surface area contributed by atoms with Crippen molar-refractivity contribution in [3.8, 4) is 40.1 Å². The molecule has 3 atom stereocenters. The van der Waals surface area contributed by atoms with Crippen molar-refractivity contribution in [1.29, 1.82) is 0 Å². The van der Waals surface area contributed by atoms with Gasteiger partial charge in [0.1, 0.15) is 46.6 Å². The molecule has 2 aromatic heterocycles. The van der Waals surface area contributed by atoms with Gasteiger partial charge in [-0.25, -0.2) is 4.98 Å². The first-order valence-corrected chi connectivity index (χ1v) is 27.6. The van der Waals surface area contributed by atoms with Gasteiger partial charge in [-0.1, -0.05) is 70.2 Å². The number of phenolic OH excluding ortho intramolecular Hbond substituents is 2. The molecule has 0 saturated carbocycles. The SMILES string of the molecule is CCNC(=O)c1nnc(-c2cc(C(C)C)c(O)cc2O)n1-c1ccc(Oc2ccc(C=O)cc2)cc1.CNCCN(C)C(=O)c1ccc(C2(C)OB(C(CC(C)C)NC(=O)[C@H](Cc3ccccc3)NC(=O)c3cnccn3)OC2(C)C)cc1. The van der Waals surface area contributed by atoms with E-state index in [1.54, 1.807) is 78.0 Å². The van der Waals surface area contributed by atoms with Crippen LogP contribution in [0.2, 0.25) is 0 Å². The molecule has 2 unspecified atom stereocenters. The average Bonchev–Trinajstić information content (AvgIpc) is 4.17. The van der Waals surface area contributed by atoms with Crippen LogP contribution in [0.15, 0.2) is 134 Å². The smallest absolute Gasteiger partial charge is 0.482 e. The Morgan fingerprint density at radius 2 is 1.49 bits per heavy atom. The predicted molar refractivity (Wildman–Crippen MR) is 316 cm³/mol. The fourth-order valence-corrected chi connectivity index (χ4v) is 9.39. The summed E-state index contributed by atoms with van der Waals surface area (Å²) in [4.78, 5) is 73.3. The minimum atomic E-state index is -0.890. The molecular weight excluding hydrogens is 1060 g/mol. The van der Waals surface area contributed by atoms with E-state index < -0.39 is 42.1 Å². The van der Waals surface area contributed by atoms with E-state index in [0.29, 0.717) is 65.5 Å². The van der Waals surface area contributed by atoms with Crippen LogP contribution in [0.3, 0.4) is 0 Å². The van der Waals surface area contributed by atoms with Crippen molar-refractivity contribution in [2.45, 2.75) is 97.3 Å². The number of aromatic nitrogens is 5. The highest BCUT2D eigenvalue weighted by Crippen LogP contribution is 2.46. The van der Waals surface area contributed by atoms with Crippen LogP contribution in [-0.2, 0) is 26.1 Å². The van der Waals surface area contributed by atoms with E-state index in [1.807, 2.05) is 96.3 Å². The van der Waals surface area contributed by atoms with Gasteiger partial charge in [-0.15, -0.1) is 10.2 Å². The molecular formula is C62H73BN10O10. The molecule has 3 heterocycles. The first-order chi connectivity index (χ1) is 39.7. The molecule has 1 fully saturated rings. The number of aromatic hydroxyl groups is 2. The summed E-state index contributed by atoms with van der Waals surface area (Å²) in [6.07, 6.45) is 5.89.